The minimum Gasteiger partial charge on any atom is -0.381 e. The van der Waals surface area contributed by atoms with Gasteiger partial charge in [-0.25, -0.2) is 0 Å². The molecule has 1 aromatic carbocycles. The van der Waals surface area contributed by atoms with Crippen molar-refractivity contribution in [1.29, 1.82) is 0 Å². The van der Waals surface area contributed by atoms with Gasteiger partial charge in [0.25, 0.3) is 0 Å². The Bertz CT molecular complexity index is 346. The molecule has 1 heterocycles. The normalized spacial score (nSPS) is 21.1. The van der Waals surface area contributed by atoms with Gasteiger partial charge >= 0.3 is 0 Å². The Morgan fingerprint density at radius 2 is 2.20 bits per heavy atom. The molecule has 2 rings (SSSR count). The number of hydrogen-bond donors (Lipinski definition) is 2. The molecule has 0 amide bonds. The van der Waals surface area contributed by atoms with Gasteiger partial charge in [-0.3, -0.25) is 0 Å². The van der Waals surface area contributed by atoms with Crippen LogP contribution in [0.2, 0.25) is 0 Å². The van der Waals surface area contributed by atoms with Crippen LogP contribution in [-0.2, 0) is 0 Å². The Morgan fingerprint density at radius 1 is 1.40 bits per heavy atom. The highest BCUT2D eigenvalue weighted by atomic mass is 15.1. The Morgan fingerprint density at radius 3 is 2.93 bits per heavy atom. The lowest BCUT2D eigenvalue weighted by molar-refractivity contribution is 0.478. The highest BCUT2D eigenvalue weighted by molar-refractivity contribution is 5.72. The molecule has 2 atom stereocenters. The lowest BCUT2D eigenvalue weighted by Gasteiger charge is -2.32. The summed E-state index contributed by atoms with van der Waals surface area (Å²) in [5, 5.41) is 7.12. The zero-order chi connectivity index (χ0) is 10.8. The van der Waals surface area contributed by atoms with E-state index in [2.05, 4.69) is 49.6 Å². The predicted octanol–water partition coefficient (Wildman–Crippen LogP) is 3.25. The monoisotopic (exact) mass is 204 g/mol. The Hall–Kier alpha value is -1.18. The molecule has 1 aliphatic heterocycles. The van der Waals surface area contributed by atoms with Crippen LogP contribution in [0.25, 0.3) is 0 Å². The fourth-order valence-corrected chi connectivity index (χ4v) is 2.03. The molecular formula is C13H20N2. The van der Waals surface area contributed by atoms with Crippen molar-refractivity contribution < 1.29 is 0 Å². The average molecular weight is 204 g/mol. The minimum absolute atomic E-state index is 0.560. The van der Waals surface area contributed by atoms with Gasteiger partial charge in [0.05, 0.1) is 11.4 Å². The molecule has 2 unspecified atom stereocenters. The van der Waals surface area contributed by atoms with E-state index in [1.54, 1.807) is 0 Å². The van der Waals surface area contributed by atoms with Crippen LogP contribution in [0.15, 0.2) is 18.2 Å². The molecule has 0 bridgehead atoms. The van der Waals surface area contributed by atoms with E-state index in [1.807, 2.05) is 0 Å². The van der Waals surface area contributed by atoms with Gasteiger partial charge in [0.2, 0.25) is 0 Å². The largest absolute Gasteiger partial charge is 0.381 e. The van der Waals surface area contributed by atoms with E-state index in [0.29, 0.717) is 12.0 Å². The number of rotatable bonds is 2. The molecular weight excluding hydrogens is 184 g/mol. The summed E-state index contributed by atoms with van der Waals surface area (Å²) in [5.74, 6) is 0.714. The third-order valence-electron chi connectivity index (χ3n) is 3.36. The first-order valence-electron chi connectivity index (χ1n) is 5.81. The van der Waals surface area contributed by atoms with E-state index in [1.165, 1.54) is 23.4 Å². The first-order valence-corrected chi connectivity index (χ1v) is 5.81. The van der Waals surface area contributed by atoms with E-state index in [0.717, 1.165) is 6.54 Å². The predicted molar refractivity (Wildman–Crippen MR) is 66.5 cm³/mol. The number of benzene rings is 1. The van der Waals surface area contributed by atoms with Crippen molar-refractivity contribution in [2.75, 3.05) is 17.2 Å². The lowest BCUT2D eigenvalue weighted by Crippen LogP contribution is -2.37. The summed E-state index contributed by atoms with van der Waals surface area (Å²) in [7, 11) is 0. The van der Waals surface area contributed by atoms with Crippen LogP contribution in [-0.4, -0.2) is 12.6 Å². The molecule has 0 spiro atoms. The smallest absolute Gasteiger partial charge is 0.0581 e. The topological polar surface area (TPSA) is 24.1 Å². The number of fused-ring (bicyclic) bond motifs is 1. The summed E-state index contributed by atoms with van der Waals surface area (Å²) in [6, 6.07) is 7.09. The van der Waals surface area contributed by atoms with Crippen LogP contribution in [0.4, 0.5) is 11.4 Å². The number of anilines is 2. The zero-order valence-corrected chi connectivity index (χ0v) is 9.80. The van der Waals surface area contributed by atoms with E-state index < -0.39 is 0 Å². The third kappa shape index (κ3) is 2.09. The van der Waals surface area contributed by atoms with Gasteiger partial charge in [-0.2, -0.15) is 0 Å². The van der Waals surface area contributed by atoms with Crippen molar-refractivity contribution in [3.05, 3.63) is 23.8 Å². The van der Waals surface area contributed by atoms with Crippen molar-refractivity contribution in [3.8, 4) is 0 Å². The highest BCUT2D eigenvalue weighted by Crippen LogP contribution is 2.29. The minimum atomic E-state index is 0.560. The standard InChI is InChI=1S/C13H20N2/c1-4-10(3)13-8-14-11-6-5-9(2)7-12(11)15-13/h5-7,10,13-15H,4,8H2,1-3H3. The van der Waals surface area contributed by atoms with Crippen LogP contribution < -0.4 is 10.6 Å². The molecule has 1 aliphatic rings. The quantitative estimate of drug-likeness (QED) is 0.772. The summed E-state index contributed by atoms with van der Waals surface area (Å²) in [6.07, 6.45) is 1.22. The molecule has 0 aliphatic carbocycles. The lowest BCUT2D eigenvalue weighted by atomic mass is 9.96. The first kappa shape index (κ1) is 10.3. The number of aryl methyl sites for hydroxylation is 1. The van der Waals surface area contributed by atoms with Crippen molar-refractivity contribution in [2.45, 2.75) is 33.2 Å². The van der Waals surface area contributed by atoms with Gasteiger partial charge in [-0.1, -0.05) is 26.3 Å². The van der Waals surface area contributed by atoms with Gasteiger partial charge in [0.1, 0.15) is 0 Å². The summed E-state index contributed by atoms with van der Waals surface area (Å²) in [4.78, 5) is 0. The Labute approximate surface area is 92.1 Å². The highest BCUT2D eigenvalue weighted by Gasteiger charge is 2.20. The van der Waals surface area contributed by atoms with Crippen molar-refractivity contribution >= 4 is 11.4 Å². The maximum Gasteiger partial charge on any atom is 0.0581 e. The van der Waals surface area contributed by atoms with Crippen LogP contribution in [0.5, 0.6) is 0 Å². The van der Waals surface area contributed by atoms with E-state index in [4.69, 9.17) is 0 Å². The van der Waals surface area contributed by atoms with Crippen LogP contribution in [0.3, 0.4) is 0 Å². The fourth-order valence-electron chi connectivity index (χ4n) is 2.03. The SMILES string of the molecule is CCC(C)C1CNc2ccc(C)cc2N1. The van der Waals surface area contributed by atoms with E-state index in [9.17, 15) is 0 Å². The zero-order valence-electron chi connectivity index (χ0n) is 9.80. The van der Waals surface area contributed by atoms with Crippen LogP contribution >= 0.6 is 0 Å². The second kappa shape index (κ2) is 4.13. The summed E-state index contributed by atoms with van der Waals surface area (Å²) < 4.78 is 0. The molecule has 2 N–H and O–H groups in total. The van der Waals surface area contributed by atoms with Gasteiger partial charge in [-0.15, -0.1) is 0 Å². The van der Waals surface area contributed by atoms with Crippen molar-refractivity contribution in [2.24, 2.45) is 5.92 Å². The molecule has 82 valence electrons. The molecule has 15 heavy (non-hydrogen) atoms. The van der Waals surface area contributed by atoms with Gasteiger partial charge in [0.15, 0.2) is 0 Å². The molecule has 0 saturated heterocycles. The van der Waals surface area contributed by atoms with Gasteiger partial charge < -0.3 is 10.6 Å². The first-order chi connectivity index (χ1) is 7.20. The molecule has 0 saturated carbocycles. The van der Waals surface area contributed by atoms with Gasteiger partial charge in [-0.05, 0) is 30.5 Å². The van der Waals surface area contributed by atoms with E-state index in [-0.39, 0.29) is 0 Å². The van der Waals surface area contributed by atoms with Crippen molar-refractivity contribution in [3.63, 3.8) is 0 Å². The Kier molecular flexibility index (Phi) is 2.85. The summed E-state index contributed by atoms with van der Waals surface area (Å²) in [5.41, 5.74) is 3.81. The third-order valence-corrected chi connectivity index (χ3v) is 3.36. The van der Waals surface area contributed by atoms with E-state index >= 15 is 0 Å². The molecule has 0 fully saturated rings. The van der Waals surface area contributed by atoms with Crippen LogP contribution in [0, 0.1) is 12.8 Å². The number of hydrogen-bond acceptors (Lipinski definition) is 2. The maximum absolute atomic E-state index is 3.63. The second-order valence-corrected chi connectivity index (χ2v) is 4.57. The summed E-state index contributed by atoms with van der Waals surface area (Å²) in [6.45, 7) is 7.72. The van der Waals surface area contributed by atoms with Crippen LogP contribution in [0.1, 0.15) is 25.8 Å². The molecule has 2 nitrogen and oxygen atoms in total. The molecule has 2 heteroatoms. The molecule has 0 radical (unpaired) electrons. The maximum atomic E-state index is 3.63. The number of nitrogens with one attached hydrogen (secondary N) is 2. The molecule has 1 aromatic rings. The van der Waals surface area contributed by atoms with Gasteiger partial charge in [0, 0.05) is 12.6 Å². The molecule has 0 aromatic heterocycles. The van der Waals surface area contributed by atoms with Crippen molar-refractivity contribution in [1.82, 2.24) is 0 Å². The Balaban J connectivity index is 2.18. The summed E-state index contributed by atoms with van der Waals surface area (Å²) >= 11 is 0. The fraction of sp³-hybridized carbons (Fsp3) is 0.538. The second-order valence-electron chi connectivity index (χ2n) is 4.57. The average Bonchev–Trinajstić information content (AvgIpc) is 2.27.